The van der Waals surface area contributed by atoms with E-state index < -0.39 is 10.0 Å². The number of fused-ring (bicyclic) bond motifs is 3. The van der Waals surface area contributed by atoms with E-state index in [4.69, 9.17) is 4.74 Å². The molecule has 0 aliphatic carbocycles. The van der Waals surface area contributed by atoms with Crippen LogP contribution < -0.4 is 0 Å². The fourth-order valence-corrected chi connectivity index (χ4v) is 5.73. The molecule has 0 amide bonds. The summed E-state index contributed by atoms with van der Waals surface area (Å²) >= 11 is 0. The van der Waals surface area contributed by atoms with E-state index in [1.807, 2.05) is 48.5 Å². The summed E-state index contributed by atoms with van der Waals surface area (Å²) in [4.78, 5) is 13.5. The van der Waals surface area contributed by atoms with Crippen molar-refractivity contribution in [3.8, 4) is 0 Å². The summed E-state index contributed by atoms with van der Waals surface area (Å²) in [5, 5.41) is 2.13. The Morgan fingerprint density at radius 1 is 0.812 bits per heavy atom. The predicted molar refractivity (Wildman–Crippen MR) is 124 cm³/mol. The SMILES string of the molecule is O=C(CCc1ccc(S(=O)(=O)N2CCOCC2)cc1)n1c2ccccc2c2ccccc21. The van der Waals surface area contributed by atoms with Crippen LogP contribution in [0.1, 0.15) is 16.8 Å². The van der Waals surface area contributed by atoms with Gasteiger partial charge in [0.25, 0.3) is 0 Å². The van der Waals surface area contributed by atoms with Crippen LogP contribution in [-0.2, 0) is 21.2 Å². The van der Waals surface area contributed by atoms with Crippen molar-refractivity contribution in [3.05, 3.63) is 78.4 Å². The Morgan fingerprint density at radius 2 is 1.38 bits per heavy atom. The van der Waals surface area contributed by atoms with E-state index >= 15 is 0 Å². The van der Waals surface area contributed by atoms with Gasteiger partial charge in [-0.3, -0.25) is 9.36 Å². The minimum absolute atomic E-state index is 0.0208. The van der Waals surface area contributed by atoms with Crippen LogP contribution in [0.25, 0.3) is 21.8 Å². The molecule has 0 saturated carbocycles. The van der Waals surface area contributed by atoms with Crippen LogP contribution in [0.2, 0.25) is 0 Å². The zero-order chi connectivity index (χ0) is 22.1. The number of morpholine rings is 1. The lowest BCUT2D eigenvalue weighted by Crippen LogP contribution is -2.40. The molecular weight excluding hydrogens is 424 g/mol. The van der Waals surface area contributed by atoms with Crippen LogP contribution in [0, 0.1) is 0 Å². The average Bonchev–Trinajstić information content (AvgIpc) is 3.18. The van der Waals surface area contributed by atoms with Gasteiger partial charge in [0.1, 0.15) is 0 Å². The number of carbonyl (C=O) groups excluding carboxylic acids is 1. The van der Waals surface area contributed by atoms with Gasteiger partial charge in [0, 0.05) is 30.3 Å². The molecule has 6 nitrogen and oxygen atoms in total. The second kappa shape index (κ2) is 8.50. The van der Waals surface area contributed by atoms with E-state index in [1.54, 1.807) is 28.8 Å². The molecule has 5 rings (SSSR count). The maximum Gasteiger partial charge on any atom is 0.243 e. The highest BCUT2D eigenvalue weighted by Crippen LogP contribution is 2.29. The molecule has 1 saturated heterocycles. The minimum Gasteiger partial charge on any atom is -0.379 e. The number of aromatic nitrogens is 1. The highest BCUT2D eigenvalue weighted by Gasteiger charge is 2.26. The summed E-state index contributed by atoms with van der Waals surface area (Å²) < 4.78 is 34.1. The molecule has 1 aromatic heterocycles. The van der Waals surface area contributed by atoms with E-state index in [-0.39, 0.29) is 10.8 Å². The van der Waals surface area contributed by atoms with Crippen molar-refractivity contribution in [1.82, 2.24) is 8.87 Å². The van der Waals surface area contributed by atoms with Crippen LogP contribution in [-0.4, -0.2) is 49.5 Å². The van der Waals surface area contributed by atoms with E-state index in [0.717, 1.165) is 27.4 Å². The molecule has 0 atom stereocenters. The Morgan fingerprint density at radius 3 is 1.97 bits per heavy atom. The first kappa shape index (κ1) is 20.9. The molecule has 0 unspecified atom stereocenters. The smallest absolute Gasteiger partial charge is 0.243 e. The van der Waals surface area contributed by atoms with Gasteiger partial charge in [-0.15, -0.1) is 0 Å². The number of para-hydroxylation sites is 2. The number of benzene rings is 3. The standard InChI is InChI=1S/C25H24N2O4S/c28-25(27-23-7-3-1-5-21(23)22-6-2-4-8-24(22)27)14-11-19-9-12-20(13-10-19)32(29,30)26-15-17-31-18-16-26/h1-10,12-13H,11,14-18H2. The summed E-state index contributed by atoms with van der Waals surface area (Å²) in [5.74, 6) is 0.0208. The number of hydrogen-bond donors (Lipinski definition) is 0. The molecule has 3 aromatic carbocycles. The lowest BCUT2D eigenvalue weighted by atomic mass is 10.1. The minimum atomic E-state index is -3.51. The van der Waals surface area contributed by atoms with Crippen molar-refractivity contribution in [2.45, 2.75) is 17.7 Å². The molecule has 1 fully saturated rings. The van der Waals surface area contributed by atoms with Gasteiger partial charge in [0.15, 0.2) is 0 Å². The number of nitrogens with zero attached hydrogens (tertiary/aromatic N) is 2. The zero-order valence-corrected chi connectivity index (χ0v) is 18.4. The van der Waals surface area contributed by atoms with Crippen LogP contribution in [0.5, 0.6) is 0 Å². The third-order valence-electron chi connectivity index (χ3n) is 5.99. The van der Waals surface area contributed by atoms with Crippen molar-refractivity contribution in [2.24, 2.45) is 0 Å². The molecule has 0 N–H and O–H groups in total. The largest absolute Gasteiger partial charge is 0.379 e. The summed E-state index contributed by atoms with van der Waals surface area (Å²) in [7, 11) is -3.51. The Balaban J connectivity index is 1.35. The highest BCUT2D eigenvalue weighted by molar-refractivity contribution is 7.89. The molecule has 2 heterocycles. The maximum absolute atomic E-state index is 13.2. The lowest BCUT2D eigenvalue weighted by Gasteiger charge is -2.26. The third kappa shape index (κ3) is 3.72. The Hall–Kier alpha value is -3.00. The molecule has 4 aromatic rings. The van der Waals surface area contributed by atoms with Gasteiger partial charge in [-0.2, -0.15) is 4.31 Å². The molecule has 32 heavy (non-hydrogen) atoms. The predicted octanol–water partition coefficient (Wildman–Crippen LogP) is 4.09. The molecule has 0 bridgehead atoms. The quantitative estimate of drug-likeness (QED) is 0.461. The Kier molecular flexibility index (Phi) is 5.55. The van der Waals surface area contributed by atoms with Crippen LogP contribution >= 0.6 is 0 Å². The number of hydrogen-bond acceptors (Lipinski definition) is 4. The molecular formula is C25H24N2O4S. The zero-order valence-electron chi connectivity index (χ0n) is 17.6. The number of sulfonamides is 1. The van der Waals surface area contributed by atoms with Crippen molar-refractivity contribution in [2.75, 3.05) is 26.3 Å². The third-order valence-corrected chi connectivity index (χ3v) is 7.90. The van der Waals surface area contributed by atoms with Crippen molar-refractivity contribution in [1.29, 1.82) is 0 Å². The first-order chi connectivity index (χ1) is 15.6. The summed E-state index contributed by atoms with van der Waals surface area (Å²) in [5.41, 5.74) is 2.75. The Labute approximate surface area is 187 Å². The highest BCUT2D eigenvalue weighted by atomic mass is 32.2. The summed E-state index contributed by atoms with van der Waals surface area (Å²) in [6, 6.07) is 22.7. The Bertz CT molecular complexity index is 1330. The van der Waals surface area contributed by atoms with Crippen LogP contribution in [0.3, 0.4) is 0 Å². The molecule has 0 radical (unpaired) electrons. The van der Waals surface area contributed by atoms with Crippen LogP contribution in [0.4, 0.5) is 0 Å². The number of ether oxygens (including phenoxy) is 1. The van der Waals surface area contributed by atoms with Gasteiger partial charge in [-0.25, -0.2) is 8.42 Å². The molecule has 1 aliphatic rings. The monoisotopic (exact) mass is 448 g/mol. The van der Waals surface area contributed by atoms with Gasteiger partial charge >= 0.3 is 0 Å². The van der Waals surface area contributed by atoms with E-state index in [2.05, 4.69) is 0 Å². The lowest BCUT2D eigenvalue weighted by molar-refractivity contribution is 0.0730. The van der Waals surface area contributed by atoms with E-state index in [9.17, 15) is 13.2 Å². The van der Waals surface area contributed by atoms with Gasteiger partial charge in [0.2, 0.25) is 15.9 Å². The number of aryl methyl sites for hydroxylation is 1. The fourth-order valence-electron chi connectivity index (χ4n) is 4.32. The van der Waals surface area contributed by atoms with Crippen molar-refractivity contribution in [3.63, 3.8) is 0 Å². The topological polar surface area (TPSA) is 68.6 Å². The molecule has 1 aliphatic heterocycles. The van der Waals surface area contributed by atoms with Gasteiger partial charge in [-0.05, 0) is 36.2 Å². The van der Waals surface area contributed by atoms with Crippen molar-refractivity contribution < 1.29 is 17.9 Å². The number of carbonyl (C=O) groups is 1. The van der Waals surface area contributed by atoms with Crippen molar-refractivity contribution >= 4 is 37.7 Å². The van der Waals surface area contributed by atoms with Gasteiger partial charge < -0.3 is 4.74 Å². The van der Waals surface area contributed by atoms with Gasteiger partial charge in [-0.1, -0.05) is 48.5 Å². The molecule has 7 heteroatoms. The number of rotatable bonds is 5. The first-order valence-corrected chi connectivity index (χ1v) is 12.2. The molecule has 0 spiro atoms. The average molecular weight is 449 g/mol. The van der Waals surface area contributed by atoms with E-state index in [1.165, 1.54) is 4.31 Å². The molecule has 164 valence electrons. The van der Waals surface area contributed by atoms with E-state index in [0.29, 0.717) is 39.1 Å². The summed E-state index contributed by atoms with van der Waals surface area (Å²) in [6.45, 7) is 1.58. The fraction of sp³-hybridized carbons (Fsp3) is 0.240. The summed E-state index contributed by atoms with van der Waals surface area (Å²) in [6.07, 6.45) is 0.871. The van der Waals surface area contributed by atoms with Crippen LogP contribution in [0.15, 0.2) is 77.7 Å². The van der Waals surface area contributed by atoms with Gasteiger partial charge in [0.05, 0.1) is 29.1 Å². The second-order valence-corrected chi connectivity index (χ2v) is 9.86. The normalized spacial score (nSPS) is 15.4. The second-order valence-electron chi connectivity index (χ2n) is 7.92. The first-order valence-electron chi connectivity index (χ1n) is 10.7. The maximum atomic E-state index is 13.2.